The fourth-order valence-corrected chi connectivity index (χ4v) is 3.40. The topological polar surface area (TPSA) is 34.1 Å². The maximum absolute atomic E-state index is 13.1. The van der Waals surface area contributed by atoms with Crippen molar-refractivity contribution in [2.45, 2.75) is 17.7 Å². The number of sulfone groups is 1. The third kappa shape index (κ3) is 3.42. The molecule has 0 unspecified atom stereocenters. The lowest BCUT2D eigenvalue weighted by Gasteiger charge is -2.17. The first-order valence-corrected chi connectivity index (χ1v) is 9.30. The Morgan fingerprint density at radius 1 is 0.913 bits per heavy atom. The van der Waals surface area contributed by atoms with Crippen molar-refractivity contribution in [2.24, 2.45) is 0 Å². The first-order chi connectivity index (χ1) is 10.9. The van der Waals surface area contributed by atoms with Gasteiger partial charge >= 0.3 is 0 Å². The molecule has 0 N–H and O–H groups in total. The fraction of sp³-hybridized carbons (Fsp3) is 0.158. The average molecular weight is 328 g/mol. The van der Waals surface area contributed by atoms with Crippen LogP contribution in [0.25, 0.3) is 11.1 Å². The van der Waals surface area contributed by atoms with Crippen LogP contribution in [-0.2, 0) is 9.84 Å². The lowest BCUT2D eigenvalue weighted by molar-refractivity contribution is 0.602. The van der Waals surface area contributed by atoms with Crippen molar-refractivity contribution >= 4 is 21.0 Å². The van der Waals surface area contributed by atoms with Crippen LogP contribution < -0.4 is 0 Å². The Kier molecular flexibility index (Phi) is 4.18. The first kappa shape index (κ1) is 15.7. The number of hydrogen-bond acceptors (Lipinski definition) is 2. The van der Waals surface area contributed by atoms with Crippen molar-refractivity contribution in [2.75, 3.05) is 6.26 Å². The van der Waals surface area contributed by atoms with Crippen LogP contribution in [0, 0.1) is 5.82 Å². The Hall–Kier alpha value is -2.20. The smallest absolute Gasteiger partial charge is 0.175 e. The molecule has 1 aliphatic carbocycles. The largest absolute Gasteiger partial charge is 0.224 e. The Balaban J connectivity index is 2.07. The third-order valence-electron chi connectivity index (χ3n) is 3.96. The molecule has 118 valence electrons. The summed E-state index contributed by atoms with van der Waals surface area (Å²) in [6.45, 7) is 0. The highest BCUT2D eigenvalue weighted by Crippen LogP contribution is 2.34. The standard InChI is InChI=1S/C19H17FO2S/c1-23(21,22)17-12-8-15(9-13-17)19-5-3-2-4-18(19)14-6-10-16(20)11-7-14/h2,4,6-13H,3,5H2,1H3. The molecule has 4 heteroatoms. The normalized spacial score (nSPS) is 15.0. The maximum atomic E-state index is 13.1. The van der Waals surface area contributed by atoms with Crippen molar-refractivity contribution < 1.29 is 12.8 Å². The van der Waals surface area contributed by atoms with E-state index in [1.165, 1.54) is 18.4 Å². The predicted octanol–water partition coefficient (Wildman–Crippen LogP) is 4.49. The van der Waals surface area contributed by atoms with E-state index >= 15 is 0 Å². The van der Waals surface area contributed by atoms with E-state index in [-0.39, 0.29) is 5.82 Å². The molecule has 0 radical (unpaired) electrons. The molecule has 0 aliphatic heterocycles. The Morgan fingerprint density at radius 2 is 1.52 bits per heavy atom. The summed E-state index contributed by atoms with van der Waals surface area (Å²) in [4.78, 5) is 0.316. The zero-order chi connectivity index (χ0) is 16.4. The zero-order valence-electron chi connectivity index (χ0n) is 12.8. The van der Waals surface area contributed by atoms with Gasteiger partial charge in [0.1, 0.15) is 5.82 Å². The SMILES string of the molecule is CS(=O)(=O)c1ccc(C2=C(c3ccc(F)cc3)C=CCC2)cc1. The molecule has 0 saturated heterocycles. The van der Waals surface area contributed by atoms with Crippen LogP contribution in [-0.4, -0.2) is 14.7 Å². The minimum Gasteiger partial charge on any atom is -0.224 e. The van der Waals surface area contributed by atoms with Crippen LogP contribution in [0.5, 0.6) is 0 Å². The summed E-state index contributed by atoms with van der Waals surface area (Å²) in [7, 11) is -3.19. The van der Waals surface area contributed by atoms with Gasteiger partial charge in [-0.15, -0.1) is 0 Å². The fourth-order valence-electron chi connectivity index (χ4n) is 2.77. The second-order valence-electron chi connectivity index (χ2n) is 5.64. The van der Waals surface area contributed by atoms with E-state index < -0.39 is 9.84 Å². The lowest BCUT2D eigenvalue weighted by Crippen LogP contribution is -1.99. The second kappa shape index (κ2) is 6.13. The highest BCUT2D eigenvalue weighted by Gasteiger charge is 2.14. The Labute approximate surface area is 135 Å². The lowest BCUT2D eigenvalue weighted by atomic mass is 9.88. The van der Waals surface area contributed by atoms with E-state index in [1.807, 2.05) is 12.1 Å². The van der Waals surface area contributed by atoms with E-state index in [0.717, 1.165) is 35.1 Å². The number of hydrogen-bond donors (Lipinski definition) is 0. The molecule has 0 amide bonds. The molecule has 0 spiro atoms. The molecule has 0 heterocycles. The van der Waals surface area contributed by atoms with Crippen LogP contribution in [0.2, 0.25) is 0 Å². The van der Waals surface area contributed by atoms with Gasteiger partial charge in [-0.1, -0.05) is 36.4 Å². The molecule has 0 atom stereocenters. The van der Waals surface area contributed by atoms with E-state index in [1.54, 1.807) is 24.3 Å². The summed E-state index contributed by atoms with van der Waals surface area (Å²) in [5.74, 6) is -0.256. The molecule has 2 aromatic carbocycles. The van der Waals surface area contributed by atoms with Crippen LogP contribution in [0.4, 0.5) is 4.39 Å². The van der Waals surface area contributed by atoms with E-state index in [2.05, 4.69) is 12.2 Å². The van der Waals surface area contributed by atoms with E-state index in [9.17, 15) is 12.8 Å². The average Bonchev–Trinajstić information content (AvgIpc) is 2.55. The van der Waals surface area contributed by atoms with E-state index in [0.29, 0.717) is 4.90 Å². The van der Waals surface area contributed by atoms with Crippen molar-refractivity contribution in [3.63, 3.8) is 0 Å². The molecular weight excluding hydrogens is 311 g/mol. The quantitative estimate of drug-likeness (QED) is 0.832. The molecule has 0 aromatic heterocycles. The van der Waals surface area contributed by atoms with Gasteiger partial charge in [0.25, 0.3) is 0 Å². The molecule has 2 aromatic rings. The molecule has 2 nitrogen and oxygen atoms in total. The van der Waals surface area contributed by atoms with Gasteiger partial charge in [0.2, 0.25) is 0 Å². The molecule has 23 heavy (non-hydrogen) atoms. The molecule has 0 fully saturated rings. The molecule has 0 bridgehead atoms. The summed E-state index contributed by atoms with van der Waals surface area (Å²) < 4.78 is 36.3. The monoisotopic (exact) mass is 328 g/mol. The van der Waals surface area contributed by atoms with Crippen LogP contribution in [0.1, 0.15) is 24.0 Å². The minimum atomic E-state index is -3.19. The molecule has 0 saturated carbocycles. The molecule has 3 rings (SSSR count). The molecule has 1 aliphatic rings. The zero-order valence-corrected chi connectivity index (χ0v) is 13.6. The van der Waals surface area contributed by atoms with Crippen molar-refractivity contribution in [3.05, 3.63) is 77.6 Å². The molecular formula is C19H17FO2S. The summed E-state index contributed by atoms with van der Waals surface area (Å²) in [6, 6.07) is 13.4. The van der Waals surface area contributed by atoms with Crippen LogP contribution in [0.3, 0.4) is 0 Å². The highest BCUT2D eigenvalue weighted by molar-refractivity contribution is 7.90. The second-order valence-corrected chi connectivity index (χ2v) is 7.65. The number of halogens is 1. The number of allylic oxidation sites excluding steroid dienone is 4. The van der Waals surface area contributed by atoms with Crippen molar-refractivity contribution in [3.8, 4) is 0 Å². The van der Waals surface area contributed by atoms with Gasteiger partial charge < -0.3 is 0 Å². The van der Waals surface area contributed by atoms with Crippen LogP contribution in [0.15, 0.2) is 65.6 Å². The first-order valence-electron chi connectivity index (χ1n) is 7.41. The number of rotatable bonds is 3. The maximum Gasteiger partial charge on any atom is 0.175 e. The predicted molar refractivity (Wildman–Crippen MR) is 91.1 cm³/mol. The van der Waals surface area contributed by atoms with Crippen molar-refractivity contribution in [1.29, 1.82) is 0 Å². The van der Waals surface area contributed by atoms with Gasteiger partial charge in [0, 0.05) is 6.26 Å². The third-order valence-corrected chi connectivity index (χ3v) is 5.09. The summed E-state index contributed by atoms with van der Waals surface area (Å²) in [5.41, 5.74) is 4.17. The van der Waals surface area contributed by atoms with E-state index in [4.69, 9.17) is 0 Å². The Morgan fingerprint density at radius 3 is 2.13 bits per heavy atom. The van der Waals surface area contributed by atoms with Gasteiger partial charge in [-0.05, 0) is 59.4 Å². The highest BCUT2D eigenvalue weighted by atomic mass is 32.2. The van der Waals surface area contributed by atoms with Crippen molar-refractivity contribution in [1.82, 2.24) is 0 Å². The van der Waals surface area contributed by atoms with Crippen LogP contribution >= 0.6 is 0 Å². The Bertz CT molecular complexity index is 874. The minimum absolute atomic E-state index is 0.256. The van der Waals surface area contributed by atoms with Gasteiger partial charge in [-0.25, -0.2) is 12.8 Å². The van der Waals surface area contributed by atoms with Gasteiger partial charge in [0.05, 0.1) is 4.90 Å². The summed E-state index contributed by atoms with van der Waals surface area (Å²) >= 11 is 0. The van der Waals surface area contributed by atoms with Gasteiger partial charge in [-0.3, -0.25) is 0 Å². The van der Waals surface area contributed by atoms with Gasteiger partial charge in [0.15, 0.2) is 9.84 Å². The van der Waals surface area contributed by atoms with Gasteiger partial charge in [-0.2, -0.15) is 0 Å². The summed E-state index contributed by atoms with van der Waals surface area (Å²) in [6.07, 6.45) is 7.17. The summed E-state index contributed by atoms with van der Waals surface area (Å²) in [5, 5.41) is 0. The number of benzene rings is 2.